The van der Waals surface area contributed by atoms with Gasteiger partial charge in [-0.05, 0) is 25.9 Å². The van der Waals surface area contributed by atoms with Crippen molar-refractivity contribution in [1.82, 2.24) is 5.32 Å². The van der Waals surface area contributed by atoms with Crippen molar-refractivity contribution in [3.05, 3.63) is 0 Å². The van der Waals surface area contributed by atoms with Crippen molar-refractivity contribution in [3.63, 3.8) is 0 Å². The first-order chi connectivity index (χ1) is 6.96. The average Bonchev–Trinajstić information content (AvgIpc) is 2.57. The van der Waals surface area contributed by atoms with Crippen molar-refractivity contribution < 1.29 is 13.5 Å². The van der Waals surface area contributed by atoms with Gasteiger partial charge in [-0.3, -0.25) is 0 Å². The van der Waals surface area contributed by atoms with E-state index in [1.54, 1.807) is 13.8 Å². The van der Waals surface area contributed by atoms with Gasteiger partial charge >= 0.3 is 0 Å². The summed E-state index contributed by atoms with van der Waals surface area (Å²) >= 11 is 0. The molecular weight excluding hydrogens is 200 g/mol. The van der Waals surface area contributed by atoms with Crippen molar-refractivity contribution in [2.75, 3.05) is 19.7 Å². The van der Waals surface area contributed by atoms with Crippen LogP contribution in [0.1, 0.15) is 26.7 Å². The Morgan fingerprint density at radius 1 is 1.27 bits per heavy atom. The van der Waals surface area contributed by atoms with Gasteiger partial charge in [0.2, 0.25) is 0 Å². The number of alkyl halides is 2. The lowest BCUT2D eigenvalue weighted by atomic mass is 10.1. The summed E-state index contributed by atoms with van der Waals surface area (Å²) in [5.41, 5.74) is -0.861. The summed E-state index contributed by atoms with van der Waals surface area (Å²) in [6.07, 6.45) is 2.07. The van der Waals surface area contributed by atoms with Crippen LogP contribution in [-0.2, 0) is 4.74 Å². The molecule has 15 heavy (non-hydrogen) atoms. The average molecular weight is 219 g/mol. The molecule has 2 nitrogen and oxygen atoms in total. The molecule has 0 radical (unpaired) electrons. The highest BCUT2D eigenvalue weighted by atomic mass is 19.3. The van der Waals surface area contributed by atoms with E-state index in [2.05, 4.69) is 5.32 Å². The minimum atomic E-state index is -2.53. The van der Waals surface area contributed by atoms with E-state index in [1.165, 1.54) is 0 Å². The number of halogens is 2. The first-order valence-electron chi connectivity index (χ1n) is 5.66. The van der Waals surface area contributed by atoms with E-state index in [-0.39, 0.29) is 12.7 Å². The third-order valence-corrected chi connectivity index (χ3v) is 3.87. The molecule has 4 heteroatoms. The third-order valence-electron chi connectivity index (χ3n) is 3.87. The normalized spacial score (nSPS) is 34.0. The molecule has 1 atom stereocenters. The Morgan fingerprint density at radius 3 is 2.27 bits per heavy atom. The summed E-state index contributed by atoms with van der Waals surface area (Å²) in [7, 11) is 0. The highest BCUT2D eigenvalue weighted by Crippen LogP contribution is 2.65. The molecule has 1 unspecified atom stereocenters. The Hall–Kier alpha value is -0.220. The lowest BCUT2D eigenvalue weighted by molar-refractivity contribution is 0.00201. The molecule has 1 saturated heterocycles. The number of piperidine rings is 1. The minimum Gasteiger partial charge on any atom is -0.378 e. The lowest BCUT2D eigenvalue weighted by Gasteiger charge is -2.23. The molecule has 0 spiro atoms. The van der Waals surface area contributed by atoms with Gasteiger partial charge in [-0.1, -0.05) is 13.8 Å². The maximum atomic E-state index is 13.2. The molecule has 1 aliphatic heterocycles. The Labute approximate surface area is 89.4 Å². The molecule has 2 rings (SSSR count). The Morgan fingerprint density at radius 2 is 1.80 bits per heavy atom. The molecule has 0 aromatic rings. The van der Waals surface area contributed by atoms with E-state index in [1.807, 2.05) is 0 Å². The second-order valence-corrected chi connectivity index (χ2v) is 5.18. The van der Waals surface area contributed by atoms with Crippen LogP contribution in [0.15, 0.2) is 0 Å². The molecule has 0 amide bonds. The standard InChI is InChI=1S/C11H19F2NO/c1-10(2)9(11(10,12)13)7-15-8-3-5-14-6-4-8/h8-9,14H,3-7H2,1-2H3. The predicted molar refractivity (Wildman–Crippen MR) is 54.1 cm³/mol. The number of hydrogen-bond acceptors (Lipinski definition) is 2. The number of ether oxygens (including phenoxy) is 1. The van der Waals surface area contributed by atoms with Crippen molar-refractivity contribution in [1.29, 1.82) is 0 Å². The van der Waals surface area contributed by atoms with Gasteiger partial charge in [-0.15, -0.1) is 0 Å². The Kier molecular flexibility index (Phi) is 2.75. The molecule has 0 aromatic carbocycles. The molecular formula is C11H19F2NO. The number of nitrogens with one attached hydrogen (secondary N) is 1. The fraction of sp³-hybridized carbons (Fsp3) is 1.00. The van der Waals surface area contributed by atoms with Crippen molar-refractivity contribution in [3.8, 4) is 0 Å². The van der Waals surface area contributed by atoms with Crippen molar-refractivity contribution in [2.45, 2.75) is 38.7 Å². The van der Waals surface area contributed by atoms with Crippen molar-refractivity contribution in [2.24, 2.45) is 11.3 Å². The van der Waals surface area contributed by atoms with Crippen LogP contribution in [0.3, 0.4) is 0 Å². The monoisotopic (exact) mass is 219 g/mol. The molecule has 0 bridgehead atoms. The topological polar surface area (TPSA) is 21.3 Å². The number of rotatable bonds is 3. The zero-order valence-corrected chi connectivity index (χ0v) is 9.35. The van der Waals surface area contributed by atoms with E-state index in [0.29, 0.717) is 0 Å². The van der Waals surface area contributed by atoms with Crippen molar-refractivity contribution >= 4 is 0 Å². The molecule has 1 heterocycles. The molecule has 2 fully saturated rings. The Balaban J connectivity index is 1.75. The smallest absolute Gasteiger partial charge is 0.259 e. The van der Waals surface area contributed by atoms with Crippen LogP contribution in [0.5, 0.6) is 0 Å². The SMILES string of the molecule is CC1(C)C(COC2CCNCC2)C1(F)F. The van der Waals surface area contributed by atoms with E-state index >= 15 is 0 Å². The lowest BCUT2D eigenvalue weighted by Crippen LogP contribution is -2.33. The van der Waals surface area contributed by atoms with E-state index < -0.39 is 17.3 Å². The van der Waals surface area contributed by atoms with Gasteiger partial charge in [-0.2, -0.15) is 0 Å². The maximum absolute atomic E-state index is 13.2. The fourth-order valence-corrected chi connectivity index (χ4v) is 2.26. The summed E-state index contributed by atoms with van der Waals surface area (Å²) in [5, 5.41) is 3.22. The fourth-order valence-electron chi connectivity index (χ4n) is 2.26. The summed E-state index contributed by atoms with van der Waals surface area (Å²) in [6.45, 7) is 5.32. The second kappa shape index (κ2) is 3.67. The van der Waals surface area contributed by atoms with Gasteiger partial charge in [0.1, 0.15) is 0 Å². The van der Waals surface area contributed by atoms with Crippen LogP contribution in [0.4, 0.5) is 8.78 Å². The van der Waals surface area contributed by atoms with Crippen LogP contribution in [0.2, 0.25) is 0 Å². The summed E-state index contributed by atoms with van der Waals surface area (Å²) in [4.78, 5) is 0. The van der Waals surface area contributed by atoms with Crippen LogP contribution in [-0.4, -0.2) is 31.7 Å². The van der Waals surface area contributed by atoms with Crippen LogP contribution >= 0.6 is 0 Å². The molecule has 2 aliphatic rings. The van der Waals surface area contributed by atoms with E-state index in [9.17, 15) is 8.78 Å². The minimum absolute atomic E-state index is 0.179. The molecule has 88 valence electrons. The summed E-state index contributed by atoms with van der Waals surface area (Å²) in [5.74, 6) is -3.11. The van der Waals surface area contributed by atoms with Crippen LogP contribution < -0.4 is 5.32 Å². The van der Waals surface area contributed by atoms with Gasteiger partial charge in [0.25, 0.3) is 5.92 Å². The van der Waals surface area contributed by atoms with Gasteiger partial charge < -0.3 is 10.1 Å². The highest BCUT2D eigenvalue weighted by Gasteiger charge is 2.74. The first kappa shape index (κ1) is 11.3. The third kappa shape index (κ3) is 1.89. The van der Waals surface area contributed by atoms with Gasteiger partial charge in [0, 0.05) is 5.41 Å². The molecule has 1 aliphatic carbocycles. The zero-order chi connectivity index (χ0) is 11.1. The highest BCUT2D eigenvalue weighted by molar-refractivity contribution is 5.12. The van der Waals surface area contributed by atoms with E-state index in [4.69, 9.17) is 4.74 Å². The first-order valence-corrected chi connectivity index (χ1v) is 5.66. The van der Waals surface area contributed by atoms with Crippen LogP contribution in [0, 0.1) is 11.3 Å². The summed E-state index contributed by atoms with van der Waals surface area (Å²) in [6, 6.07) is 0. The van der Waals surface area contributed by atoms with Gasteiger partial charge in [-0.25, -0.2) is 8.78 Å². The van der Waals surface area contributed by atoms with Gasteiger partial charge in [0.15, 0.2) is 0 Å². The number of hydrogen-bond donors (Lipinski definition) is 1. The quantitative estimate of drug-likeness (QED) is 0.784. The largest absolute Gasteiger partial charge is 0.378 e. The van der Waals surface area contributed by atoms with E-state index in [0.717, 1.165) is 25.9 Å². The molecule has 0 aromatic heterocycles. The second-order valence-electron chi connectivity index (χ2n) is 5.18. The predicted octanol–water partition coefficient (Wildman–Crippen LogP) is 2.05. The molecule has 1 saturated carbocycles. The Bertz CT molecular complexity index is 223. The van der Waals surface area contributed by atoms with Gasteiger partial charge in [0.05, 0.1) is 18.6 Å². The van der Waals surface area contributed by atoms with Crippen LogP contribution in [0.25, 0.3) is 0 Å². The summed E-state index contributed by atoms with van der Waals surface area (Å²) < 4.78 is 32.0. The molecule has 1 N–H and O–H groups in total. The zero-order valence-electron chi connectivity index (χ0n) is 9.35. The maximum Gasteiger partial charge on any atom is 0.259 e.